The molecule has 3 heteroatoms. The third-order valence-corrected chi connectivity index (χ3v) is 4.19. The normalized spacial score (nSPS) is 12.7. The molecular weight excluding hydrogens is 250 g/mol. The van der Waals surface area contributed by atoms with Crippen LogP contribution in [0.2, 0.25) is 5.02 Å². The van der Waals surface area contributed by atoms with E-state index in [0.717, 1.165) is 10.6 Å². The third-order valence-electron chi connectivity index (χ3n) is 2.89. The molecule has 0 radical (unpaired) electrons. The predicted octanol–water partition coefficient (Wildman–Crippen LogP) is 4.33. The summed E-state index contributed by atoms with van der Waals surface area (Å²) < 4.78 is 0. The lowest BCUT2D eigenvalue weighted by atomic mass is 9.99. The van der Waals surface area contributed by atoms with E-state index in [0.29, 0.717) is 0 Å². The molecule has 0 bridgehead atoms. The van der Waals surface area contributed by atoms with E-state index >= 15 is 0 Å². The summed E-state index contributed by atoms with van der Waals surface area (Å²) in [5, 5.41) is 6.39. The number of hydrogen-bond acceptors (Lipinski definition) is 2. The molecule has 1 aromatic carbocycles. The molecule has 1 aromatic heterocycles. The van der Waals surface area contributed by atoms with Crippen LogP contribution in [0.15, 0.2) is 29.6 Å². The lowest BCUT2D eigenvalue weighted by molar-refractivity contribution is 0.693. The zero-order chi connectivity index (χ0) is 12.4. The summed E-state index contributed by atoms with van der Waals surface area (Å²) in [4.78, 5) is 1.34. The van der Waals surface area contributed by atoms with Gasteiger partial charge < -0.3 is 5.32 Å². The van der Waals surface area contributed by atoms with Gasteiger partial charge in [-0.3, -0.25) is 0 Å². The monoisotopic (exact) mass is 265 g/mol. The van der Waals surface area contributed by atoms with Crippen molar-refractivity contribution in [1.82, 2.24) is 5.32 Å². The van der Waals surface area contributed by atoms with Crippen LogP contribution in [-0.4, -0.2) is 7.05 Å². The molecule has 1 atom stereocenters. The van der Waals surface area contributed by atoms with Crippen LogP contribution < -0.4 is 5.32 Å². The quantitative estimate of drug-likeness (QED) is 0.871. The molecule has 1 heterocycles. The number of benzene rings is 1. The molecule has 2 rings (SSSR count). The van der Waals surface area contributed by atoms with Crippen molar-refractivity contribution in [3.63, 3.8) is 0 Å². The van der Waals surface area contributed by atoms with Gasteiger partial charge in [0.25, 0.3) is 0 Å². The van der Waals surface area contributed by atoms with Gasteiger partial charge in [-0.15, -0.1) is 11.3 Å². The number of nitrogens with one attached hydrogen (secondary N) is 1. The molecule has 0 aliphatic heterocycles. The topological polar surface area (TPSA) is 12.0 Å². The molecule has 1 N–H and O–H groups in total. The van der Waals surface area contributed by atoms with E-state index in [1.165, 1.54) is 16.0 Å². The highest BCUT2D eigenvalue weighted by molar-refractivity contribution is 7.10. The van der Waals surface area contributed by atoms with Crippen molar-refractivity contribution in [3.8, 4) is 0 Å². The Labute approximate surface area is 111 Å². The summed E-state index contributed by atoms with van der Waals surface area (Å²) in [6, 6.07) is 8.68. The van der Waals surface area contributed by atoms with E-state index in [1.807, 2.05) is 20.0 Å². The van der Waals surface area contributed by atoms with Crippen molar-refractivity contribution in [3.05, 3.63) is 56.2 Å². The first-order valence-electron chi connectivity index (χ1n) is 5.60. The maximum Gasteiger partial charge on any atom is 0.0582 e. The zero-order valence-corrected chi connectivity index (χ0v) is 11.8. The van der Waals surface area contributed by atoms with Crippen LogP contribution in [0, 0.1) is 13.8 Å². The third kappa shape index (κ3) is 2.71. The second kappa shape index (κ2) is 5.21. The highest BCUT2D eigenvalue weighted by atomic mass is 35.5. The van der Waals surface area contributed by atoms with Crippen LogP contribution in [0.5, 0.6) is 0 Å². The van der Waals surface area contributed by atoms with E-state index in [9.17, 15) is 0 Å². The first-order chi connectivity index (χ1) is 8.11. The van der Waals surface area contributed by atoms with Gasteiger partial charge >= 0.3 is 0 Å². The molecule has 0 aliphatic rings. The van der Waals surface area contributed by atoms with Crippen molar-refractivity contribution in [2.24, 2.45) is 0 Å². The largest absolute Gasteiger partial charge is 0.309 e. The van der Waals surface area contributed by atoms with Crippen molar-refractivity contribution in [1.29, 1.82) is 0 Å². The van der Waals surface area contributed by atoms with E-state index in [-0.39, 0.29) is 6.04 Å². The molecule has 0 spiro atoms. The molecule has 0 aliphatic carbocycles. The Morgan fingerprint density at radius 3 is 2.47 bits per heavy atom. The fraction of sp³-hybridized carbons (Fsp3) is 0.286. The Bertz CT molecular complexity index is 519. The van der Waals surface area contributed by atoms with Gasteiger partial charge in [0, 0.05) is 9.90 Å². The summed E-state index contributed by atoms with van der Waals surface area (Å²) in [5.74, 6) is 0. The van der Waals surface area contributed by atoms with Gasteiger partial charge in [0.1, 0.15) is 0 Å². The summed E-state index contributed by atoms with van der Waals surface area (Å²) in [5.41, 5.74) is 3.69. The average Bonchev–Trinajstić information content (AvgIpc) is 2.71. The second-order valence-corrected chi connectivity index (χ2v) is 5.74. The van der Waals surface area contributed by atoms with Gasteiger partial charge in [0.05, 0.1) is 6.04 Å². The Hall–Kier alpha value is -0.830. The van der Waals surface area contributed by atoms with Crippen LogP contribution in [-0.2, 0) is 0 Å². The average molecular weight is 266 g/mol. The molecule has 1 nitrogen and oxygen atoms in total. The first-order valence-corrected chi connectivity index (χ1v) is 6.86. The molecule has 2 aromatic rings. The van der Waals surface area contributed by atoms with E-state index in [1.54, 1.807) is 11.3 Å². The smallest absolute Gasteiger partial charge is 0.0582 e. The van der Waals surface area contributed by atoms with Crippen molar-refractivity contribution < 1.29 is 0 Å². The van der Waals surface area contributed by atoms with Crippen LogP contribution in [0.1, 0.15) is 27.6 Å². The maximum absolute atomic E-state index is 6.06. The van der Waals surface area contributed by atoms with Gasteiger partial charge in [0.15, 0.2) is 0 Å². The summed E-state index contributed by atoms with van der Waals surface area (Å²) in [6.07, 6.45) is 0. The van der Waals surface area contributed by atoms with Gasteiger partial charge in [-0.1, -0.05) is 23.7 Å². The first kappa shape index (κ1) is 12.6. The van der Waals surface area contributed by atoms with Crippen molar-refractivity contribution in [2.45, 2.75) is 19.9 Å². The minimum atomic E-state index is 0.246. The molecule has 0 saturated heterocycles. The SMILES string of the molecule is CNC(c1csc(C)c1)c1ccc(Cl)c(C)c1. The molecular formula is C14H16ClNS. The Kier molecular flexibility index (Phi) is 3.87. The number of hydrogen-bond donors (Lipinski definition) is 1. The van der Waals surface area contributed by atoms with Crippen LogP contribution >= 0.6 is 22.9 Å². The fourth-order valence-corrected chi connectivity index (χ4v) is 2.84. The van der Waals surface area contributed by atoms with Crippen molar-refractivity contribution in [2.75, 3.05) is 7.05 Å². The molecule has 0 saturated carbocycles. The molecule has 0 fully saturated rings. The highest BCUT2D eigenvalue weighted by Gasteiger charge is 2.13. The van der Waals surface area contributed by atoms with E-state index < -0.39 is 0 Å². The van der Waals surface area contributed by atoms with E-state index in [4.69, 9.17) is 11.6 Å². The predicted molar refractivity (Wildman–Crippen MR) is 76.1 cm³/mol. The van der Waals surface area contributed by atoms with Gasteiger partial charge in [0.2, 0.25) is 0 Å². The van der Waals surface area contributed by atoms with Gasteiger partial charge in [-0.05, 0) is 55.1 Å². The lowest BCUT2D eigenvalue weighted by Crippen LogP contribution is -2.17. The highest BCUT2D eigenvalue weighted by Crippen LogP contribution is 2.28. The van der Waals surface area contributed by atoms with Gasteiger partial charge in [-0.25, -0.2) is 0 Å². The molecule has 0 amide bonds. The van der Waals surface area contributed by atoms with E-state index in [2.05, 4.69) is 35.8 Å². The summed E-state index contributed by atoms with van der Waals surface area (Å²) in [6.45, 7) is 4.17. The molecule has 1 unspecified atom stereocenters. The van der Waals surface area contributed by atoms with Gasteiger partial charge in [-0.2, -0.15) is 0 Å². The minimum absolute atomic E-state index is 0.246. The molecule has 17 heavy (non-hydrogen) atoms. The maximum atomic E-state index is 6.06. The fourth-order valence-electron chi connectivity index (χ4n) is 1.99. The summed E-state index contributed by atoms with van der Waals surface area (Å²) >= 11 is 7.84. The zero-order valence-electron chi connectivity index (χ0n) is 10.3. The Balaban J connectivity index is 2.38. The number of rotatable bonds is 3. The lowest BCUT2D eigenvalue weighted by Gasteiger charge is -2.16. The van der Waals surface area contributed by atoms with Crippen LogP contribution in [0.3, 0.4) is 0 Å². The molecule has 90 valence electrons. The number of halogens is 1. The number of thiophene rings is 1. The number of aryl methyl sites for hydroxylation is 2. The second-order valence-electron chi connectivity index (χ2n) is 4.22. The summed E-state index contributed by atoms with van der Waals surface area (Å²) in [7, 11) is 1.99. The Morgan fingerprint density at radius 1 is 1.18 bits per heavy atom. The van der Waals surface area contributed by atoms with Crippen molar-refractivity contribution >= 4 is 22.9 Å². The standard InChI is InChI=1S/C14H16ClNS/c1-9-6-11(4-5-13(9)15)14(16-3)12-7-10(2)17-8-12/h4-8,14,16H,1-3H3. The Morgan fingerprint density at radius 2 is 1.94 bits per heavy atom. The van der Waals surface area contributed by atoms with Crippen LogP contribution in [0.4, 0.5) is 0 Å². The minimum Gasteiger partial charge on any atom is -0.309 e. The van der Waals surface area contributed by atoms with Crippen LogP contribution in [0.25, 0.3) is 0 Å².